The normalized spacial score (nSPS) is 13.4. The Morgan fingerprint density at radius 1 is 0.526 bits per heavy atom. The Kier molecular flexibility index (Phi) is 17.7. The van der Waals surface area contributed by atoms with Gasteiger partial charge in [-0.3, -0.25) is 0 Å². The van der Waals surface area contributed by atoms with E-state index in [4.69, 9.17) is 0 Å². The van der Waals surface area contributed by atoms with Crippen LogP contribution in [0.4, 0.5) is 0 Å². The third-order valence-electron chi connectivity index (χ3n) is 8.15. The molecule has 2 nitrogen and oxygen atoms in total. The van der Waals surface area contributed by atoms with Gasteiger partial charge in [-0.05, 0) is 12.8 Å². The third-order valence-corrected chi connectivity index (χ3v) is 11.8. The number of hydrogen-bond donors (Lipinski definition) is 1. The van der Waals surface area contributed by atoms with Gasteiger partial charge < -0.3 is 9.67 Å². The average molecular weight is 541 g/mol. The largest absolute Gasteiger partial charge is 0.392 e. The van der Waals surface area contributed by atoms with Crippen molar-refractivity contribution in [3.8, 4) is 0 Å². The van der Waals surface area contributed by atoms with Gasteiger partial charge in [-0.25, -0.2) is 0 Å². The fourth-order valence-electron chi connectivity index (χ4n) is 5.79. The summed E-state index contributed by atoms with van der Waals surface area (Å²) >= 11 is 0. The Labute approximate surface area is 235 Å². The van der Waals surface area contributed by atoms with E-state index in [1.54, 1.807) is 0 Å². The molecule has 2 aromatic carbocycles. The minimum atomic E-state index is -2.98. The first-order valence-corrected chi connectivity index (χ1v) is 17.8. The highest BCUT2D eigenvalue weighted by atomic mass is 31.2. The van der Waals surface area contributed by atoms with Crippen molar-refractivity contribution in [2.75, 3.05) is 0 Å². The fourth-order valence-corrected chi connectivity index (χ4v) is 9.27. The number of rotatable bonds is 23. The Hall–Kier alpha value is -1.37. The second-order valence-corrected chi connectivity index (χ2v) is 14.4. The van der Waals surface area contributed by atoms with Gasteiger partial charge in [0.1, 0.15) is 7.14 Å². The van der Waals surface area contributed by atoms with Crippen molar-refractivity contribution in [1.82, 2.24) is 0 Å². The molecule has 38 heavy (non-hydrogen) atoms. The van der Waals surface area contributed by atoms with Crippen LogP contribution in [0.15, 0.2) is 60.7 Å². The molecule has 0 spiro atoms. The zero-order chi connectivity index (χ0) is 27.3. The van der Waals surface area contributed by atoms with E-state index in [-0.39, 0.29) is 5.66 Å². The number of aliphatic hydroxyl groups excluding tert-OH is 1. The molecule has 0 aliphatic heterocycles. The quantitative estimate of drug-likeness (QED) is 0.112. The van der Waals surface area contributed by atoms with Gasteiger partial charge in [0.15, 0.2) is 0 Å². The molecule has 214 valence electrons. The van der Waals surface area contributed by atoms with Crippen molar-refractivity contribution >= 4 is 17.8 Å². The summed E-state index contributed by atoms with van der Waals surface area (Å²) < 4.78 is 15.1. The summed E-state index contributed by atoms with van der Waals surface area (Å²) in [6.07, 6.45) is 22.6. The van der Waals surface area contributed by atoms with E-state index in [0.717, 1.165) is 49.1 Å². The van der Waals surface area contributed by atoms with E-state index >= 15 is 4.57 Å². The van der Waals surface area contributed by atoms with Crippen molar-refractivity contribution in [2.45, 2.75) is 148 Å². The molecule has 0 bridgehead atoms. The SMILES string of the molecule is CCCCCCCCCCCCC[C@@H](O)[C@H](CCCCCCCC)P(=O)(c1ccccc1)c1ccccc1. The molecule has 0 aromatic heterocycles. The summed E-state index contributed by atoms with van der Waals surface area (Å²) in [5, 5.41) is 13.4. The third kappa shape index (κ3) is 11.8. The smallest absolute Gasteiger partial charge is 0.148 e. The lowest BCUT2D eigenvalue weighted by atomic mass is 10.0. The molecule has 0 fully saturated rings. The minimum absolute atomic E-state index is 0.221. The van der Waals surface area contributed by atoms with Gasteiger partial charge in [-0.2, -0.15) is 0 Å². The molecule has 0 radical (unpaired) electrons. The molecule has 0 saturated heterocycles. The van der Waals surface area contributed by atoms with Crippen LogP contribution in [0.5, 0.6) is 0 Å². The van der Waals surface area contributed by atoms with Crippen LogP contribution in [0, 0.1) is 0 Å². The van der Waals surface area contributed by atoms with Gasteiger partial charge in [0.05, 0.1) is 6.10 Å². The first-order chi connectivity index (χ1) is 18.6. The first-order valence-electron chi connectivity index (χ1n) is 16.0. The molecule has 1 N–H and O–H groups in total. The van der Waals surface area contributed by atoms with E-state index in [9.17, 15) is 5.11 Å². The average Bonchev–Trinajstić information content (AvgIpc) is 2.96. The van der Waals surface area contributed by atoms with E-state index in [1.807, 2.05) is 60.7 Å². The van der Waals surface area contributed by atoms with Crippen LogP contribution in [0.3, 0.4) is 0 Å². The van der Waals surface area contributed by atoms with Crippen LogP contribution >= 0.6 is 7.14 Å². The molecule has 0 amide bonds. The lowest BCUT2D eigenvalue weighted by Crippen LogP contribution is -2.35. The van der Waals surface area contributed by atoms with Crippen LogP contribution in [0.25, 0.3) is 0 Å². The Morgan fingerprint density at radius 2 is 0.868 bits per heavy atom. The minimum Gasteiger partial charge on any atom is -0.392 e. The van der Waals surface area contributed by atoms with Crippen LogP contribution < -0.4 is 10.6 Å². The van der Waals surface area contributed by atoms with Gasteiger partial charge in [-0.1, -0.05) is 184 Å². The van der Waals surface area contributed by atoms with Crippen molar-refractivity contribution in [1.29, 1.82) is 0 Å². The summed E-state index contributed by atoms with van der Waals surface area (Å²) in [4.78, 5) is 0. The lowest BCUT2D eigenvalue weighted by Gasteiger charge is -2.32. The van der Waals surface area contributed by atoms with Gasteiger partial charge in [0.25, 0.3) is 0 Å². The van der Waals surface area contributed by atoms with Gasteiger partial charge in [-0.15, -0.1) is 0 Å². The maximum Gasteiger partial charge on any atom is 0.148 e. The van der Waals surface area contributed by atoms with Crippen LogP contribution in [-0.2, 0) is 4.57 Å². The maximum absolute atomic E-state index is 15.1. The van der Waals surface area contributed by atoms with Gasteiger partial charge in [0.2, 0.25) is 0 Å². The molecule has 0 unspecified atom stereocenters. The molecule has 2 rings (SSSR count). The van der Waals surface area contributed by atoms with E-state index < -0.39 is 13.2 Å². The molecule has 0 aliphatic rings. The highest BCUT2D eigenvalue weighted by Crippen LogP contribution is 2.52. The van der Waals surface area contributed by atoms with Crippen LogP contribution in [0.2, 0.25) is 0 Å². The topological polar surface area (TPSA) is 37.3 Å². The first kappa shape index (κ1) is 32.8. The molecular formula is C35H57O2P. The monoisotopic (exact) mass is 540 g/mol. The zero-order valence-corrected chi connectivity index (χ0v) is 25.6. The Bertz CT molecular complexity index is 807. The molecular weight excluding hydrogens is 483 g/mol. The highest BCUT2D eigenvalue weighted by Gasteiger charge is 2.40. The molecule has 0 aliphatic carbocycles. The van der Waals surface area contributed by atoms with Gasteiger partial charge >= 0.3 is 0 Å². The van der Waals surface area contributed by atoms with E-state index in [1.165, 1.54) is 83.5 Å². The number of aliphatic hydroxyl groups is 1. The summed E-state index contributed by atoms with van der Waals surface area (Å²) in [5.74, 6) is 0. The Balaban J connectivity index is 1.99. The zero-order valence-electron chi connectivity index (χ0n) is 24.7. The Morgan fingerprint density at radius 3 is 1.26 bits per heavy atom. The van der Waals surface area contributed by atoms with Crippen molar-refractivity contribution in [2.24, 2.45) is 0 Å². The molecule has 3 heteroatoms. The van der Waals surface area contributed by atoms with Crippen molar-refractivity contribution < 1.29 is 9.67 Å². The summed E-state index contributed by atoms with van der Waals surface area (Å²) in [6, 6.07) is 20.0. The predicted octanol–water partition coefficient (Wildman–Crippen LogP) is 10.2. The molecule has 2 aromatic rings. The molecule has 0 heterocycles. The van der Waals surface area contributed by atoms with Crippen molar-refractivity contribution in [3.63, 3.8) is 0 Å². The van der Waals surface area contributed by atoms with E-state index in [0.29, 0.717) is 0 Å². The maximum atomic E-state index is 15.1. The second kappa shape index (κ2) is 20.5. The second-order valence-electron chi connectivity index (χ2n) is 11.3. The summed E-state index contributed by atoms with van der Waals surface area (Å²) in [6.45, 7) is 4.52. The van der Waals surface area contributed by atoms with E-state index in [2.05, 4.69) is 13.8 Å². The van der Waals surface area contributed by atoms with Gasteiger partial charge in [0, 0.05) is 16.3 Å². The summed E-state index contributed by atoms with van der Waals surface area (Å²) in [7, 11) is -2.98. The number of unbranched alkanes of at least 4 members (excludes halogenated alkanes) is 15. The number of hydrogen-bond acceptors (Lipinski definition) is 2. The standard InChI is InChI=1S/C35H57O2P/c1-3-5-7-9-11-12-13-14-15-16-24-30-34(36)35(31-25-17-10-8-6-4-2)38(37,32-26-20-18-21-27-32)33-28-22-19-23-29-33/h18-23,26-29,34-36H,3-17,24-25,30-31H2,1-2H3/t34-,35+/m1/s1. The number of benzene rings is 2. The fraction of sp³-hybridized carbons (Fsp3) is 0.657. The predicted molar refractivity (Wildman–Crippen MR) is 169 cm³/mol. The van der Waals surface area contributed by atoms with Crippen LogP contribution in [-0.4, -0.2) is 16.9 Å². The lowest BCUT2D eigenvalue weighted by molar-refractivity contribution is 0.150. The van der Waals surface area contributed by atoms with Crippen molar-refractivity contribution in [3.05, 3.63) is 60.7 Å². The summed E-state index contributed by atoms with van der Waals surface area (Å²) in [5.41, 5.74) is -0.221. The molecule has 2 atom stereocenters. The molecule has 0 saturated carbocycles. The van der Waals surface area contributed by atoms with Crippen LogP contribution in [0.1, 0.15) is 136 Å². The highest BCUT2D eigenvalue weighted by molar-refractivity contribution is 7.79.